The molecule has 0 saturated carbocycles. The van der Waals surface area contributed by atoms with Gasteiger partial charge >= 0.3 is 6.18 Å². The maximum atomic E-state index is 13.0. The van der Waals surface area contributed by atoms with Gasteiger partial charge in [-0.2, -0.15) is 18.4 Å². The zero-order chi connectivity index (χ0) is 22.3. The molecule has 0 saturated heterocycles. The number of carbonyl (C=O) groups is 1. The molecule has 0 aliphatic carbocycles. The van der Waals surface area contributed by atoms with Crippen LogP contribution >= 0.6 is 11.8 Å². The highest BCUT2D eigenvalue weighted by atomic mass is 32.2. The molecule has 2 aromatic carbocycles. The number of benzene rings is 2. The van der Waals surface area contributed by atoms with Gasteiger partial charge in [0, 0.05) is 17.9 Å². The van der Waals surface area contributed by atoms with E-state index in [-0.39, 0.29) is 12.3 Å². The smallest absolute Gasteiger partial charge is 0.406 e. The van der Waals surface area contributed by atoms with Gasteiger partial charge in [0.05, 0.1) is 23.1 Å². The van der Waals surface area contributed by atoms with Crippen LogP contribution in [0.2, 0.25) is 0 Å². The summed E-state index contributed by atoms with van der Waals surface area (Å²) in [5.41, 5.74) is 2.33. The standard InChI is InChI=1S/C22H18F3N3O2S/c23-22(24,25)15-28(11-17-8-6-16(10-26)7-9-17)20(29)14-31-13-19-12-30-21(27-19)18-4-2-1-3-5-18/h1-9,12H,11,13-15H2. The van der Waals surface area contributed by atoms with E-state index >= 15 is 0 Å². The number of nitriles is 1. The Morgan fingerprint density at radius 1 is 1.13 bits per heavy atom. The summed E-state index contributed by atoms with van der Waals surface area (Å²) >= 11 is 1.17. The van der Waals surface area contributed by atoms with E-state index < -0.39 is 18.6 Å². The van der Waals surface area contributed by atoms with Crippen molar-refractivity contribution in [2.24, 2.45) is 0 Å². The summed E-state index contributed by atoms with van der Waals surface area (Å²) in [6.07, 6.45) is -3.03. The van der Waals surface area contributed by atoms with Crippen molar-refractivity contribution >= 4 is 17.7 Å². The Hall–Kier alpha value is -3.25. The Balaban J connectivity index is 1.58. The van der Waals surface area contributed by atoms with E-state index in [0.29, 0.717) is 28.5 Å². The minimum absolute atomic E-state index is 0.125. The van der Waals surface area contributed by atoms with E-state index in [1.165, 1.54) is 30.2 Å². The fourth-order valence-electron chi connectivity index (χ4n) is 2.77. The minimum atomic E-state index is -4.51. The van der Waals surface area contributed by atoms with Crippen LogP contribution in [-0.2, 0) is 17.1 Å². The number of alkyl halides is 3. The van der Waals surface area contributed by atoms with Gasteiger partial charge in [-0.3, -0.25) is 4.79 Å². The highest BCUT2D eigenvalue weighted by molar-refractivity contribution is 7.99. The number of halogens is 3. The third-order valence-corrected chi connectivity index (χ3v) is 5.18. The third kappa shape index (κ3) is 6.89. The molecule has 1 amide bonds. The molecule has 1 heterocycles. The molecule has 0 bridgehead atoms. The summed E-state index contributed by atoms with van der Waals surface area (Å²) in [6.45, 7) is -1.53. The average molecular weight is 445 g/mol. The molecule has 0 atom stereocenters. The molecule has 5 nitrogen and oxygen atoms in total. The molecular formula is C22H18F3N3O2S. The van der Waals surface area contributed by atoms with Gasteiger partial charge in [0.25, 0.3) is 0 Å². The first kappa shape index (κ1) is 22.4. The van der Waals surface area contributed by atoms with Crippen LogP contribution in [0, 0.1) is 11.3 Å². The summed E-state index contributed by atoms with van der Waals surface area (Å²) in [7, 11) is 0. The Morgan fingerprint density at radius 3 is 2.48 bits per heavy atom. The first-order chi connectivity index (χ1) is 14.8. The highest BCUT2D eigenvalue weighted by Gasteiger charge is 2.33. The number of hydrogen-bond donors (Lipinski definition) is 0. The lowest BCUT2D eigenvalue weighted by Crippen LogP contribution is -2.39. The van der Waals surface area contributed by atoms with Crippen molar-refractivity contribution < 1.29 is 22.4 Å². The molecule has 3 rings (SSSR count). The van der Waals surface area contributed by atoms with Gasteiger partial charge < -0.3 is 9.32 Å². The van der Waals surface area contributed by atoms with Crippen molar-refractivity contribution in [3.8, 4) is 17.5 Å². The summed E-state index contributed by atoms with van der Waals surface area (Å²) in [5.74, 6) is 0.0269. The van der Waals surface area contributed by atoms with Gasteiger partial charge in [-0.25, -0.2) is 4.98 Å². The fourth-order valence-corrected chi connectivity index (χ4v) is 3.58. The average Bonchev–Trinajstić information content (AvgIpc) is 3.22. The first-order valence-corrected chi connectivity index (χ1v) is 10.4. The maximum absolute atomic E-state index is 13.0. The Kier molecular flexibility index (Phi) is 7.36. The molecule has 0 fully saturated rings. The molecule has 0 radical (unpaired) electrons. The van der Waals surface area contributed by atoms with E-state index in [0.717, 1.165) is 10.5 Å². The predicted molar refractivity (Wildman–Crippen MR) is 111 cm³/mol. The van der Waals surface area contributed by atoms with Crippen LogP contribution in [0.3, 0.4) is 0 Å². The fraction of sp³-hybridized carbons (Fsp3) is 0.227. The van der Waals surface area contributed by atoms with Gasteiger partial charge in [-0.05, 0) is 29.8 Å². The van der Waals surface area contributed by atoms with Crippen molar-refractivity contribution in [1.29, 1.82) is 5.26 Å². The second-order valence-corrected chi connectivity index (χ2v) is 7.66. The third-order valence-electron chi connectivity index (χ3n) is 4.23. The van der Waals surface area contributed by atoms with Crippen molar-refractivity contribution in [2.75, 3.05) is 12.3 Å². The number of oxazole rings is 1. The molecule has 9 heteroatoms. The first-order valence-electron chi connectivity index (χ1n) is 9.25. The number of amides is 1. The van der Waals surface area contributed by atoms with Crippen molar-refractivity contribution in [3.63, 3.8) is 0 Å². The van der Waals surface area contributed by atoms with E-state index in [1.54, 1.807) is 12.1 Å². The zero-order valence-electron chi connectivity index (χ0n) is 16.3. The Labute approximate surface area is 181 Å². The summed E-state index contributed by atoms with van der Waals surface area (Å²) in [5, 5.41) is 8.83. The van der Waals surface area contributed by atoms with E-state index in [1.807, 2.05) is 36.4 Å². The van der Waals surface area contributed by atoms with Crippen molar-refractivity contribution in [1.82, 2.24) is 9.88 Å². The largest absolute Gasteiger partial charge is 0.444 e. The van der Waals surface area contributed by atoms with Crippen LogP contribution in [0.5, 0.6) is 0 Å². The zero-order valence-corrected chi connectivity index (χ0v) is 17.1. The molecule has 3 aromatic rings. The monoisotopic (exact) mass is 445 g/mol. The van der Waals surface area contributed by atoms with Crippen molar-refractivity contribution in [2.45, 2.75) is 18.5 Å². The van der Waals surface area contributed by atoms with Crippen LogP contribution in [0.25, 0.3) is 11.5 Å². The molecule has 160 valence electrons. The van der Waals surface area contributed by atoms with E-state index in [2.05, 4.69) is 4.98 Å². The number of rotatable bonds is 8. The quantitative estimate of drug-likeness (QED) is 0.486. The summed E-state index contributed by atoms with van der Waals surface area (Å²) in [4.78, 5) is 17.6. The number of hydrogen-bond acceptors (Lipinski definition) is 5. The number of carbonyl (C=O) groups excluding carboxylic acids is 1. The van der Waals surface area contributed by atoms with Gasteiger partial charge in [-0.15, -0.1) is 11.8 Å². The van der Waals surface area contributed by atoms with E-state index in [4.69, 9.17) is 9.68 Å². The molecule has 0 N–H and O–H groups in total. The molecule has 0 aliphatic rings. The summed E-state index contributed by atoms with van der Waals surface area (Å²) in [6, 6.07) is 17.3. The molecule has 0 aliphatic heterocycles. The summed E-state index contributed by atoms with van der Waals surface area (Å²) < 4.78 is 44.3. The lowest BCUT2D eigenvalue weighted by Gasteiger charge is -2.24. The topological polar surface area (TPSA) is 70.1 Å². The van der Waals surface area contributed by atoms with E-state index in [9.17, 15) is 18.0 Å². The van der Waals surface area contributed by atoms with Crippen LogP contribution in [0.15, 0.2) is 65.3 Å². The highest BCUT2D eigenvalue weighted by Crippen LogP contribution is 2.22. The van der Waals surface area contributed by atoms with Crippen LogP contribution in [0.1, 0.15) is 16.8 Å². The van der Waals surface area contributed by atoms with Gasteiger partial charge in [0.1, 0.15) is 12.8 Å². The molecular weight excluding hydrogens is 427 g/mol. The van der Waals surface area contributed by atoms with Crippen LogP contribution in [0.4, 0.5) is 13.2 Å². The molecule has 31 heavy (non-hydrogen) atoms. The van der Waals surface area contributed by atoms with Crippen LogP contribution in [-0.4, -0.2) is 34.3 Å². The molecule has 0 spiro atoms. The normalized spacial score (nSPS) is 11.2. The second-order valence-electron chi connectivity index (χ2n) is 6.68. The van der Waals surface area contributed by atoms with Crippen LogP contribution < -0.4 is 0 Å². The Bertz CT molecular complexity index is 1040. The van der Waals surface area contributed by atoms with Gasteiger partial charge in [-0.1, -0.05) is 30.3 Å². The molecule has 1 aromatic heterocycles. The predicted octanol–water partition coefficient (Wildman–Crippen LogP) is 5.04. The number of nitrogens with zero attached hydrogens (tertiary/aromatic N) is 3. The second kappa shape index (κ2) is 10.2. The van der Waals surface area contributed by atoms with Gasteiger partial charge in [0.2, 0.25) is 11.8 Å². The Morgan fingerprint density at radius 2 is 1.84 bits per heavy atom. The number of thioether (sulfide) groups is 1. The number of aromatic nitrogens is 1. The lowest BCUT2D eigenvalue weighted by molar-refractivity contribution is -0.160. The maximum Gasteiger partial charge on any atom is 0.406 e. The van der Waals surface area contributed by atoms with Gasteiger partial charge in [0.15, 0.2) is 0 Å². The lowest BCUT2D eigenvalue weighted by atomic mass is 10.1. The molecule has 0 unspecified atom stereocenters. The van der Waals surface area contributed by atoms with Crippen molar-refractivity contribution in [3.05, 3.63) is 77.7 Å². The minimum Gasteiger partial charge on any atom is -0.444 e. The SMILES string of the molecule is N#Cc1ccc(CN(CC(F)(F)F)C(=O)CSCc2coc(-c3ccccc3)n2)cc1.